The molecule has 1 amide bonds. The second-order valence-electron chi connectivity index (χ2n) is 4.43. The van der Waals surface area contributed by atoms with Crippen molar-refractivity contribution in [1.82, 2.24) is 9.97 Å². The number of halogens is 1. The van der Waals surface area contributed by atoms with E-state index in [-0.39, 0.29) is 11.5 Å². The Bertz CT molecular complexity index is 901. The third-order valence-corrected chi connectivity index (χ3v) is 4.46. The summed E-state index contributed by atoms with van der Waals surface area (Å²) in [4.78, 5) is 31.8. The Labute approximate surface area is 128 Å². The van der Waals surface area contributed by atoms with Crippen molar-refractivity contribution in [1.29, 1.82) is 0 Å². The number of aryl methyl sites for hydroxylation is 1. The molecule has 7 heteroatoms. The molecule has 106 valence electrons. The van der Waals surface area contributed by atoms with E-state index in [2.05, 4.69) is 15.3 Å². The summed E-state index contributed by atoms with van der Waals surface area (Å²) in [5.41, 5.74) is 0.991. The van der Waals surface area contributed by atoms with Crippen molar-refractivity contribution in [2.45, 2.75) is 6.92 Å². The second kappa shape index (κ2) is 5.31. The van der Waals surface area contributed by atoms with Crippen LogP contribution in [0.15, 0.2) is 35.4 Å². The molecule has 0 fully saturated rings. The third-order valence-electron chi connectivity index (χ3n) is 3.02. The predicted molar refractivity (Wildman–Crippen MR) is 84.4 cm³/mol. The van der Waals surface area contributed by atoms with E-state index in [0.717, 1.165) is 0 Å². The van der Waals surface area contributed by atoms with Gasteiger partial charge in [-0.15, -0.1) is 11.3 Å². The lowest BCUT2D eigenvalue weighted by molar-refractivity contribution is 0.103. The number of nitrogens with zero attached hydrogens (tertiary/aromatic N) is 1. The third kappa shape index (κ3) is 2.55. The molecule has 0 aliphatic rings. The maximum Gasteiger partial charge on any atom is 0.266 e. The van der Waals surface area contributed by atoms with Crippen LogP contribution in [0.5, 0.6) is 0 Å². The average molecular weight is 320 g/mol. The molecule has 5 nitrogen and oxygen atoms in total. The number of rotatable bonds is 2. The van der Waals surface area contributed by atoms with Crippen LogP contribution in [-0.2, 0) is 0 Å². The van der Waals surface area contributed by atoms with E-state index in [0.29, 0.717) is 31.4 Å². The number of H-pyrrole nitrogens is 1. The molecule has 2 heterocycles. The molecule has 1 aromatic carbocycles. The molecule has 21 heavy (non-hydrogen) atoms. The van der Waals surface area contributed by atoms with Gasteiger partial charge < -0.3 is 10.3 Å². The quantitative estimate of drug-likeness (QED) is 0.761. The molecule has 3 aromatic rings. The van der Waals surface area contributed by atoms with Crippen molar-refractivity contribution in [2.75, 3.05) is 5.32 Å². The van der Waals surface area contributed by atoms with Gasteiger partial charge in [-0.2, -0.15) is 0 Å². The van der Waals surface area contributed by atoms with Crippen LogP contribution >= 0.6 is 22.9 Å². The van der Waals surface area contributed by atoms with Crippen LogP contribution in [0, 0.1) is 6.92 Å². The highest BCUT2D eigenvalue weighted by Crippen LogP contribution is 2.27. The number of anilines is 1. The first-order valence-corrected chi connectivity index (χ1v) is 7.29. The Hall–Kier alpha value is -2.18. The topological polar surface area (TPSA) is 74.8 Å². The van der Waals surface area contributed by atoms with Gasteiger partial charge in [0.25, 0.3) is 11.5 Å². The second-order valence-corrected chi connectivity index (χ2v) is 5.87. The van der Waals surface area contributed by atoms with Gasteiger partial charge in [0.05, 0.1) is 16.6 Å². The Balaban J connectivity index is 2.01. The van der Waals surface area contributed by atoms with Crippen LogP contribution in [0.4, 0.5) is 5.69 Å². The molecule has 2 N–H and O–H groups in total. The van der Waals surface area contributed by atoms with Crippen molar-refractivity contribution < 1.29 is 4.79 Å². The Kier molecular flexibility index (Phi) is 3.48. The summed E-state index contributed by atoms with van der Waals surface area (Å²) in [6, 6.07) is 6.89. The number of aromatic nitrogens is 2. The summed E-state index contributed by atoms with van der Waals surface area (Å²) < 4.78 is 0. The fourth-order valence-electron chi connectivity index (χ4n) is 2.05. The predicted octanol–water partition coefficient (Wildman–Crippen LogP) is 3.20. The van der Waals surface area contributed by atoms with Crippen molar-refractivity contribution in [2.24, 2.45) is 0 Å². The van der Waals surface area contributed by atoms with Gasteiger partial charge in [-0.25, -0.2) is 4.98 Å². The SMILES string of the molecule is Cc1c(C(=O)Nc2cccc(Cl)c2)sc2nc[nH]c(=O)c12. The molecule has 0 unspecified atom stereocenters. The van der Waals surface area contributed by atoms with Crippen molar-refractivity contribution in [3.8, 4) is 0 Å². The minimum absolute atomic E-state index is 0.240. The summed E-state index contributed by atoms with van der Waals surface area (Å²) >= 11 is 7.08. The van der Waals surface area contributed by atoms with Crippen molar-refractivity contribution in [3.63, 3.8) is 0 Å². The number of thiophene rings is 1. The number of nitrogens with one attached hydrogen (secondary N) is 2. The highest BCUT2D eigenvalue weighted by molar-refractivity contribution is 7.20. The fraction of sp³-hybridized carbons (Fsp3) is 0.0714. The Morgan fingerprint density at radius 2 is 2.24 bits per heavy atom. The van der Waals surface area contributed by atoms with Crippen molar-refractivity contribution >= 4 is 44.7 Å². The monoisotopic (exact) mass is 319 g/mol. The molecule has 0 atom stereocenters. The normalized spacial score (nSPS) is 10.8. The average Bonchev–Trinajstić information content (AvgIpc) is 2.77. The lowest BCUT2D eigenvalue weighted by Crippen LogP contribution is -2.12. The lowest BCUT2D eigenvalue weighted by atomic mass is 10.2. The zero-order valence-electron chi connectivity index (χ0n) is 10.9. The molecular formula is C14H10ClN3O2S. The first-order chi connectivity index (χ1) is 10.1. The van der Waals surface area contributed by atoms with Gasteiger partial charge in [-0.1, -0.05) is 17.7 Å². The number of amides is 1. The molecule has 3 rings (SSSR count). The number of hydrogen-bond acceptors (Lipinski definition) is 4. The van der Waals surface area contributed by atoms with E-state index < -0.39 is 0 Å². The molecule has 0 saturated heterocycles. The molecule has 0 aliphatic carbocycles. The first-order valence-electron chi connectivity index (χ1n) is 6.10. The number of fused-ring (bicyclic) bond motifs is 1. The van der Waals surface area contributed by atoms with Crippen molar-refractivity contribution in [3.05, 3.63) is 56.4 Å². The number of hydrogen-bond donors (Lipinski definition) is 2. The zero-order chi connectivity index (χ0) is 15.0. The van der Waals surface area contributed by atoms with Gasteiger partial charge >= 0.3 is 0 Å². The van der Waals surface area contributed by atoms with Crippen LogP contribution in [-0.4, -0.2) is 15.9 Å². The van der Waals surface area contributed by atoms with Gasteiger partial charge in [0, 0.05) is 10.7 Å². The minimum Gasteiger partial charge on any atom is -0.321 e. The molecule has 0 bridgehead atoms. The van der Waals surface area contributed by atoms with E-state index in [1.807, 2.05) is 0 Å². The number of carbonyl (C=O) groups excluding carboxylic acids is 1. The maximum atomic E-state index is 12.3. The number of carbonyl (C=O) groups is 1. The zero-order valence-corrected chi connectivity index (χ0v) is 12.5. The van der Waals surface area contributed by atoms with E-state index in [1.54, 1.807) is 31.2 Å². The van der Waals surface area contributed by atoms with E-state index in [1.165, 1.54) is 17.7 Å². The van der Waals surface area contributed by atoms with Crippen LogP contribution in [0.3, 0.4) is 0 Å². The van der Waals surface area contributed by atoms with Gasteiger partial charge in [0.1, 0.15) is 4.83 Å². The van der Waals surface area contributed by atoms with Crippen LogP contribution < -0.4 is 10.9 Å². The molecule has 0 aliphatic heterocycles. The summed E-state index contributed by atoms with van der Waals surface area (Å²) in [6.45, 7) is 1.74. The van der Waals surface area contributed by atoms with E-state index in [4.69, 9.17) is 11.6 Å². The van der Waals surface area contributed by atoms with Gasteiger partial charge in [0.2, 0.25) is 0 Å². The molecule has 0 radical (unpaired) electrons. The number of aromatic amines is 1. The van der Waals surface area contributed by atoms with E-state index >= 15 is 0 Å². The smallest absolute Gasteiger partial charge is 0.266 e. The minimum atomic E-state index is -0.280. The lowest BCUT2D eigenvalue weighted by Gasteiger charge is -2.04. The molecule has 2 aromatic heterocycles. The summed E-state index contributed by atoms with van der Waals surface area (Å²) in [7, 11) is 0. The van der Waals surface area contributed by atoms with Crippen LogP contribution in [0.2, 0.25) is 5.02 Å². The highest BCUT2D eigenvalue weighted by Gasteiger charge is 2.18. The summed E-state index contributed by atoms with van der Waals surface area (Å²) in [5.74, 6) is -0.280. The maximum absolute atomic E-state index is 12.3. The molecular weight excluding hydrogens is 310 g/mol. The van der Waals surface area contributed by atoms with Crippen LogP contribution in [0.1, 0.15) is 15.2 Å². The summed E-state index contributed by atoms with van der Waals surface area (Å²) in [5, 5.41) is 3.77. The largest absolute Gasteiger partial charge is 0.321 e. The van der Waals surface area contributed by atoms with E-state index in [9.17, 15) is 9.59 Å². The Morgan fingerprint density at radius 3 is 2.95 bits per heavy atom. The first kappa shape index (κ1) is 13.8. The highest BCUT2D eigenvalue weighted by atomic mass is 35.5. The number of benzene rings is 1. The fourth-order valence-corrected chi connectivity index (χ4v) is 3.28. The van der Waals surface area contributed by atoms with Gasteiger partial charge in [-0.3, -0.25) is 9.59 Å². The standard InChI is InChI=1S/C14H10ClN3O2S/c1-7-10-12(19)16-6-17-14(10)21-11(7)13(20)18-9-4-2-3-8(15)5-9/h2-6H,1H3,(H,18,20)(H,16,17,19). The summed E-state index contributed by atoms with van der Waals surface area (Å²) in [6.07, 6.45) is 1.33. The molecule has 0 saturated carbocycles. The van der Waals surface area contributed by atoms with Crippen LogP contribution in [0.25, 0.3) is 10.2 Å². The van der Waals surface area contributed by atoms with Gasteiger partial charge in [-0.05, 0) is 30.7 Å². The Morgan fingerprint density at radius 1 is 1.43 bits per heavy atom. The molecule has 0 spiro atoms. The van der Waals surface area contributed by atoms with Gasteiger partial charge in [0.15, 0.2) is 0 Å².